The quantitative estimate of drug-likeness (QED) is 0.395. The van der Waals surface area contributed by atoms with Crippen molar-refractivity contribution in [2.24, 2.45) is 5.10 Å². The van der Waals surface area contributed by atoms with Gasteiger partial charge in [0.15, 0.2) is 0 Å². The average Bonchev–Trinajstić information content (AvgIpc) is 3.15. The van der Waals surface area contributed by atoms with Crippen molar-refractivity contribution < 1.29 is 13.9 Å². The predicted octanol–water partition coefficient (Wildman–Crippen LogP) is 4.51. The first-order valence-electron chi connectivity index (χ1n) is 7.95. The number of hydrazone groups is 1. The monoisotopic (exact) mass is 368 g/mol. The average molecular weight is 369 g/mol. The standard InChI is InChI=1S/C20H17ClN2O3/c1-25-20(24)18-5-3-2-4-17(18)19-11-10-16(26-19)13-23-22-12-14-6-8-15(21)9-7-14/h2-11,13,22H,12H2,1H3/b23-13-. The normalized spacial score (nSPS) is 10.8. The number of esters is 1. The van der Waals surface area contributed by atoms with Crippen LogP contribution >= 0.6 is 11.6 Å². The van der Waals surface area contributed by atoms with Gasteiger partial charge in [0, 0.05) is 10.6 Å². The number of ether oxygens (including phenoxy) is 1. The molecule has 0 atom stereocenters. The minimum absolute atomic E-state index is 0.406. The molecular formula is C20H17ClN2O3. The van der Waals surface area contributed by atoms with Gasteiger partial charge in [-0.15, -0.1) is 0 Å². The molecule has 0 aliphatic heterocycles. The summed E-state index contributed by atoms with van der Waals surface area (Å²) in [7, 11) is 1.35. The Morgan fingerprint density at radius 3 is 2.69 bits per heavy atom. The second-order valence-corrected chi connectivity index (χ2v) is 5.90. The van der Waals surface area contributed by atoms with E-state index in [1.807, 2.05) is 36.4 Å². The summed E-state index contributed by atoms with van der Waals surface area (Å²) in [5.41, 5.74) is 5.14. The highest BCUT2D eigenvalue weighted by Crippen LogP contribution is 2.26. The number of rotatable bonds is 6. The highest BCUT2D eigenvalue weighted by Gasteiger charge is 2.14. The topological polar surface area (TPSA) is 63.8 Å². The molecule has 1 N–H and O–H groups in total. The van der Waals surface area contributed by atoms with Crippen LogP contribution in [0.3, 0.4) is 0 Å². The van der Waals surface area contributed by atoms with Gasteiger partial charge in [0.05, 0.1) is 25.4 Å². The fraction of sp³-hybridized carbons (Fsp3) is 0.100. The van der Waals surface area contributed by atoms with Gasteiger partial charge in [0.25, 0.3) is 0 Å². The summed E-state index contributed by atoms with van der Waals surface area (Å²) in [6, 6.07) is 18.2. The van der Waals surface area contributed by atoms with Crippen molar-refractivity contribution in [3.63, 3.8) is 0 Å². The van der Waals surface area contributed by atoms with Crippen LogP contribution in [0.5, 0.6) is 0 Å². The van der Waals surface area contributed by atoms with Crippen molar-refractivity contribution in [2.75, 3.05) is 7.11 Å². The van der Waals surface area contributed by atoms with E-state index in [1.165, 1.54) is 7.11 Å². The maximum absolute atomic E-state index is 11.9. The molecule has 0 radical (unpaired) electrons. The lowest BCUT2D eigenvalue weighted by molar-refractivity contribution is 0.0601. The first-order chi connectivity index (χ1) is 12.7. The number of halogens is 1. The Balaban J connectivity index is 1.67. The predicted molar refractivity (Wildman–Crippen MR) is 101 cm³/mol. The van der Waals surface area contributed by atoms with Gasteiger partial charge in [-0.3, -0.25) is 0 Å². The largest absolute Gasteiger partial charge is 0.465 e. The number of hydrogen-bond acceptors (Lipinski definition) is 5. The lowest BCUT2D eigenvalue weighted by atomic mass is 10.1. The molecule has 0 fully saturated rings. The van der Waals surface area contributed by atoms with Crippen molar-refractivity contribution in [2.45, 2.75) is 6.54 Å². The minimum atomic E-state index is -0.406. The van der Waals surface area contributed by atoms with Crippen molar-refractivity contribution >= 4 is 23.8 Å². The number of nitrogens with one attached hydrogen (secondary N) is 1. The first-order valence-corrected chi connectivity index (χ1v) is 8.33. The van der Waals surface area contributed by atoms with Crippen molar-refractivity contribution in [3.05, 3.63) is 82.6 Å². The van der Waals surface area contributed by atoms with Crippen LogP contribution in [0.2, 0.25) is 5.02 Å². The van der Waals surface area contributed by atoms with E-state index in [0.717, 1.165) is 5.56 Å². The summed E-state index contributed by atoms with van der Waals surface area (Å²) < 4.78 is 10.6. The summed E-state index contributed by atoms with van der Waals surface area (Å²) >= 11 is 5.85. The van der Waals surface area contributed by atoms with Crippen LogP contribution in [-0.2, 0) is 11.3 Å². The van der Waals surface area contributed by atoms with E-state index in [-0.39, 0.29) is 0 Å². The summed E-state index contributed by atoms with van der Waals surface area (Å²) in [6.07, 6.45) is 1.58. The second-order valence-electron chi connectivity index (χ2n) is 5.46. The molecule has 0 aliphatic carbocycles. The van der Waals surface area contributed by atoms with Gasteiger partial charge in [0.1, 0.15) is 11.5 Å². The van der Waals surface area contributed by atoms with Gasteiger partial charge < -0.3 is 14.6 Å². The molecule has 6 heteroatoms. The minimum Gasteiger partial charge on any atom is -0.465 e. The molecule has 3 aromatic rings. The number of furan rings is 1. The molecule has 3 rings (SSSR count). The molecule has 0 saturated heterocycles. The lowest BCUT2D eigenvalue weighted by Gasteiger charge is -2.04. The molecule has 5 nitrogen and oxygen atoms in total. The first kappa shape index (κ1) is 17.8. The number of carbonyl (C=O) groups excluding carboxylic acids is 1. The molecular weight excluding hydrogens is 352 g/mol. The van der Waals surface area contributed by atoms with E-state index >= 15 is 0 Å². The van der Waals surface area contributed by atoms with Gasteiger partial charge in [-0.25, -0.2) is 4.79 Å². The maximum atomic E-state index is 11.9. The van der Waals surface area contributed by atoms with Crippen molar-refractivity contribution in [3.8, 4) is 11.3 Å². The highest BCUT2D eigenvalue weighted by atomic mass is 35.5. The molecule has 2 aromatic carbocycles. The Morgan fingerprint density at radius 1 is 1.15 bits per heavy atom. The number of methoxy groups -OCH3 is 1. The number of benzene rings is 2. The highest BCUT2D eigenvalue weighted by molar-refractivity contribution is 6.30. The number of nitrogens with zero attached hydrogens (tertiary/aromatic N) is 1. The van der Waals surface area contributed by atoms with Gasteiger partial charge in [-0.1, -0.05) is 41.9 Å². The van der Waals surface area contributed by atoms with E-state index in [2.05, 4.69) is 10.5 Å². The van der Waals surface area contributed by atoms with Crippen LogP contribution < -0.4 is 5.43 Å². The molecule has 1 heterocycles. The molecule has 26 heavy (non-hydrogen) atoms. The summed E-state index contributed by atoms with van der Waals surface area (Å²) in [6.45, 7) is 0.576. The number of carbonyl (C=O) groups is 1. The third kappa shape index (κ3) is 4.32. The Labute approximate surface area is 156 Å². The van der Waals surface area contributed by atoms with E-state index in [0.29, 0.717) is 34.2 Å². The van der Waals surface area contributed by atoms with E-state index in [1.54, 1.807) is 30.5 Å². The third-order valence-electron chi connectivity index (χ3n) is 3.70. The maximum Gasteiger partial charge on any atom is 0.338 e. The molecule has 0 aliphatic rings. The molecule has 0 bridgehead atoms. The van der Waals surface area contributed by atoms with Crippen LogP contribution in [0.4, 0.5) is 0 Å². The lowest BCUT2D eigenvalue weighted by Crippen LogP contribution is -2.05. The summed E-state index contributed by atoms with van der Waals surface area (Å²) in [5.74, 6) is 0.741. The smallest absolute Gasteiger partial charge is 0.338 e. The Kier molecular flexibility index (Phi) is 5.71. The molecule has 0 saturated carbocycles. The van der Waals surface area contributed by atoms with Gasteiger partial charge in [-0.05, 0) is 35.9 Å². The molecule has 0 amide bonds. The number of hydrogen-bond donors (Lipinski definition) is 1. The van der Waals surface area contributed by atoms with Crippen LogP contribution in [0, 0.1) is 0 Å². The van der Waals surface area contributed by atoms with Gasteiger partial charge in [-0.2, -0.15) is 5.10 Å². The van der Waals surface area contributed by atoms with Crippen molar-refractivity contribution in [1.29, 1.82) is 0 Å². The van der Waals surface area contributed by atoms with Gasteiger partial charge >= 0.3 is 5.97 Å². The SMILES string of the molecule is COC(=O)c1ccccc1-c1ccc(/C=N\NCc2ccc(Cl)cc2)o1. The van der Waals surface area contributed by atoms with Crippen LogP contribution in [-0.4, -0.2) is 19.3 Å². The zero-order valence-electron chi connectivity index (χ0n) is 14.1. The summed E-state index contributed by atoms with van der Waals surface area (Å²) in [5, 5.41) is 4.85. The van der Waals surface area contributed by atoms with E-state index in [9.17, 15) is 4.79 Å². The van der Waals surface area contributed by atoms with Crippen LogP contribution in [0.15, 0.2) is 70.2 Å². The fourth-order valence-electron chi connectivity index (χ4n) is 2.40. The Morgan fingerprint density at radius 2 is 1.92 bits per heavy atom. The third-order valence-corrected chi connectivity index (χ3v) is 3.96. The Hall–Kier alpha value is -3.05. The zero-order chi connectivity index (χ0) is 18.4. The molecule has 0 spiro atoms. The fourth-order valence-corrected chi connectivity index (χ4v) is 2.53. The Bertz CT molecular complexity index is 917. The van der Waals surface area contributed by atoms with Crippen LogP contribution in [0.1, 0.15) is 21.7 Å². The summed E-state index contributed by atoms with van der Waals surface area (Å²) in [4.78, 5) is 11.9. The second kappa shape index (κ2) is 8.36. The van der Waals surface area contributed by atoms with Crippen molar-refractivity contribution in [1.82, 2.24) is 5.43 Å². The van der Waals surface area contributed by atoms with Gasteiger partial charge in [0.2, 0.25) is 0 Å². The molecule has 132 valence electrons. The molecule has 1 aromatic heterocycles. The van der Waals surface area contributed by atoms with Crippen LogP contribution in [0.25, 0.3) is 11.3 Å². The van der Waals surface area contributed by atoms with E-state index in [4.69, 9.17) is 20.8 Å². The van der Waals surface area contributed by atoms with E-state index < -0.39 is 5.97 Å². The molecule has 0 unspecified atom stereocenters. The zero-order valence-corrected chi connectivity index (χ0v) is 14.9.